The van der Waals surface area contributed by atoms with Gasteiger partial charge in [-0.15, -0.1) is 0 Å². The summed E-state index contributed by atoms with van der Waals surface area (Å²) in [4.78, 5) is 14.6. The maximum atomic E-state index is 10.6. The summed E-state index contributed by atoms with van der Waals surface area (Å²) < 4.78 is 4.76. The molecule has 0 unspecified atom stereocenters. The molecule has 0 spiro atoms. The van der Waals surface area contributed by atoms with Gasteiger partial charge >= 0.3 is 6.09 Å². The molecule has 0 saturated heterocycles. The first kappa shape index (κ1) is 12.4. The van der Waals surface area contributed by atoms with Crippen molar-refractivity contribution in [2.75, 3.05) is 0 Å². The molecule has 2 N–H and O–H groups in total. The number of aromatic nitrogens is 1. The number of nitrogens with two attached hydrogens (primary N) is 1. The number of primary amides is 1. The molecule has 2 rings (SSSR count). The summed E-state index contributed by atoms with van der Waals surface area (Å²) >= 11 is 6.07. The summed E-state index contributed by atoms with van der Waals surface area (Å²) in [6.07, 6.45) is 0.824. The van der Waals surface area contributed by atoms with Gasteiger partial charge in [-0.1, -0.05) is 23.7 Å². The lowest BCUT2D eigenvalue weighted by Gasteiger charge is -2.08. The SMILES string of the molecule is Cc1ccnc(Cl)c1-c1ccc(OC(N)=O)cc1. The molecule has 2 aromatic rings. The van der Waals surface area contributed by atoms with Crippen LogP contribution in [0.2, 0.25) is 5.15 Å². The van der Waals surface area contributed by atoms with Crippen LogP contribution in [-0.4, -0.2) is 11.1 Å². The maximum absolute atomic E-state index is 10.6. The van der Waals surface area contributed by atoms with Crippen molar-refractivity contribution >= 4 is 17.7 Å². The fourth-order valence-corrected chi connectivity index (χ4v) is 1.99. The third kappa shape index (κ3) is 2.60. The van der Waals surface area contributed by atoms with E-state index >= 15 is 0 Å². The molecule has 0 atom stereocenters. The molecule has 0 aliphatic rings. The van der Waals surface area contributed by atoms with E-state index in [0.29, 0.717) is 10.9 Å². The number of halogens is 1. The minimum absolute atomic E-state index is 0.393. The second kappa shape index (κ2) is 5.06. The van der Waals surface area contributed by atoms with Gasteiger partial charge in [-0.2, -0.15) is 0 Å². The number of carbonyl (C=O) groups excluding carboxylic acids is 1. The van der Waals surface area contributed by atoms with Crippen molar-refractivity contribution < 1.29 is 9.53 Å². The Morgan fingerprint density at radius 1 is 1.28 bits per heavy atom. The third-order valence-corrected chi connectivity index (χ3v) is 2.76. The second-order valence-electron chi connectivity index (χ2n) is 3.74. The van der Waals surface area contributed by atoms with Crippen molar-refractivity contribution in [1.29, 1.82) is 0 Å². The summed E-state index contributed by atoms with van der Waals surface area (Å²) in [6.45, 7) is 1.96. The molecule has 92 valence electrons. The van der Waals surface area contributed by atoms with Crippen molar-refractivity contribution in [3.8, 4) is 16.9 Å². The van der Waals surface area contributed by atoms with E-state index in [-0.39, 0.29) is 0 Å². The van der Waals surface area contributed by atoms with Gasteiger partial charge in [0.2, 0.25) is 0 Å². The highest BCUT2D eigenvalue weighted by Crippen LogP contribution is 2.30. The number of ether oxygens (including phenoxy) is 1. The summed E-state index contributed by atoms with van der Waals surface area (Å²) in [5.74, 6) is 0.393. The zero-order chi connectivity index (χ0) is 13.1. The molecule has 1 aromatic heterocycles. The van der Waals surface area contributed by atoms with Crippen LogP contribution in [0, 0.1) is 6.92 Å². The Morgan fingerprint density at radius 3 is 2.50 bits per heavy atom. The van der Waals surface area contributed by atoms with Crippen LogP contribution in [0.15, 0.2) is 36.5 Å². The molecular formula is C13H11ClN2O2. The van der Waals surface area contributed by atoms with Gasteiger partial charge in [0.1, 0.15) is 10.9 Å². The van der Waals surface area contributed by atoms with Crippen LogP contribution in [0.25, 0.3) is 11.1 Å². The first-order valence-corrected chi connectivity index (χ1v) is 5.64. The average Bonchev–Trinajstić information content (AvgIpc) is 2.30. The molecule has 0 aliphatic carbocycles. The van der Waals surface area contributed by atoms with Gasteiger partial charge in [-0.25, -0.2) is 9.78 Å². The molecule has 1 amide bonds. The molecule has 4 nitrogen and oxygen atoms in total. The summed E-state index contributed by atoms with van der Waals surface area (Å²) in [5.41, 5.74) is 7.73. The summed E-state index contributed by atoms with van der Waals surface area (Å²) in [6, 6.07) is 8.79. The molecule has 1 aromatic carbocycles. The van der Waals surface area contributed by atoms with E-state index in [1.54, 1.807) is 30.5 Å². The predicted molar refractivity (Wildman–Crippen MR) is 69.6 cm³/mol. The third-order valence-electron chi connectivity index (χ3n) is 2.47. The van der Waals surface area contributed by atoms with Crippen molar-refractivity contribution in [2.24, 2.45) is 5.73 Å². The van der Waals surface area contributed by atoms with E-state index in [0.717, 1.165) is 16.7 Å². The Balaban J connectivity index is 2.37. The van der Waals surface area contributed by atoms with E-state index in [4.69, 9.17) is 22.1 Å². The van der Waals surface area contributed by atoms with Crippen LogP contribution in [0.4, 0.5) is 4.79 Å². The number of amides is 1. The molecule has 0 aliphatic heterocycles. The molecule has 0 radical (unpaired) electrons. The maximum Gasteiger partial charge on any atom is 0.409 e. The van der Waals surface area contributed by atoms with E-state index in [1.807, 2.05) is 13.0 Å². The number of nitrogens with zero attached hydrogens (tertiary/aromatic N) is 1. The Labute approximate surface area is 109 Å². The minimum Gasteiger partial charge on any atom is -0.411 e. The zero-order valence-corrected chi connectivity index (χ0v) is 10.4. The lowest BCUT2D eigenvalue weighted by atomic mass is 10.0. The average molecular weight is 263 g/mol. The summed E-state index contributed by atoms with van der Waals surface area (Å²) in [7, 11) is 0. The molecule has 18 heavy (non-hydrogen) atoms. The highest BCUT2D eigenvalue weighted by Gasteiger charge is 2.08. The predicted octanol–water partition coefficient (Wildman–Crippen LogP) is 3.17. The fourth-order valence-electron chi connectivity index (χ4n) is 1.68. The number of hydrogen-bond donors (Lipinski definition) is 1. The van der Waals surface area contributed by atoms with Crippen LogP contribution >= 0.6 is 11.6 Å². The Kier molecular flexibility index (Phi) is 3.48. The Hall–Kier alpha value is -2.07. The molecule has 0 fully saturated rings. The highest BCUT2D eigenvalue weighted by atomic mass is 35.5. The van der Waals surface area contributed by atoms with E-state index < -0.39 is 6.09 Å². The van der Waals surface area contributed by atoms with Gasteiger partial charge in [0.25, 0.3) is 0 Å². The van der Waals surface area contributed by atoms with Gasteiger partial charge < -0.3 is 10.5 Å². The van der Waals surface area contributed by atoms with E-state index in [1.165, 1.54) is 0 Å². The van der Waals surface area contributed by atoms with Gasteiger partial charge in [-0.05, 0) is 36.2 Å². The zero-order valence-electron chi connectivity index (χ0n) is 9.68. The minimum atomic E-state index is -0.835. The van der Waals surface area contributed by atoms with Crippen LogP contribution in [0.5, 0.6) is 5.75 Å². The smallest absolute Gasteiger partial charge is 0.409 e. The molecule has 1 heterocycles. The standard InChI is InChI=1S/C13H11ClN2O2/c1-8-6-7-16-12(14)11(8)9-2-4-10(5-3-9)18-13(15)17/h2-7H,1H3,(H2,15,17). The normalized spacial score (nSPS) is 10.1. The van der Waals surface area contributed by atoms with Crippen LogP contribution in [0.3, 0.4) is 0 Å². The summed E-state index contributed by atoms with van der Waals surface area (Å²) in [5, 5.41) is 0.443. The number of benzene rings is 1. The molecule has 0 saturated carbocycles. The topological polar surface area (TPSA) is 65.2 Å². The number of hydrogen-bond acceptors (Lipinski definition) is 3. The van der Waals surface area contributed by atoms with Gasteiger partial charge in [0.05, 0.1) is 0 Å². The largest absolute Gasteiger partial charge is 0.411 e. The van der Waals surface area contributed by atoms with Crippen molar-refractivity contribution in [3.05, 3.63) is 47.2 Å². The molecule has 0 bridgehead atoms. The second-order valence-corrected chi connectivity index (χ2v) is 4.10. The van der Waals surface area contributed by atoms with Crippen LogP contribution in [0.1, 0.15) is 5.56 Å². The van der Waals surface area contributed by atoms with Gasteiger partial charge in [0, 0.05) is 11.8 Å². The van der Waals surface area contributed by atoms with Crippen molar-refractivity contribution in [2.45, 2.75) is 6.92 Å². The lowest BCUT2D eigenvalue weighted by molar-refractivity contribution is 0.211. The number of pyridine rings is 1. The number of carbonyl (C=O) groups is 1. The fraction of sp³-hybridized carbons (Fsp3) is 0.0769. The van der Waals surface area contributed by atoms with E-state index in [9.17, 15) is 4.79 Å². The lowest BCUT2D eigenvalue weighted by Crippen LogP contribution is -2.16. The number of rotatable bonds is 2. The van der Waals surface area contributed by atoms with Gasteiger partial charge in [0.15, 0.2) is 0 Å². The van der Waals surface area contributed by atoms with Crippen molar-refractivity contribution in [1.82, 2.24) is 4.98 Å². The first-order valence-electron chi connectivity index (χ1n) is 5.27. The van der Waals surface area contributed by atoms with E-state index in [2.05, 4.69) is 4.98 Å². The van der Waals surface area contributed by atoms with Crippen LogP contribution < -0.4 is 10.5 Å². The van der Waals surface area contributed by atoms with Crippen LogP contribution in [-0.2, 0) is 0 Å². The molecular weight excluding hydrogens is 252 g/mol. The Morgan fingerprint density at radius 2 is 1.94 bits per heavy atom. The highest BCUT2D eigenvalue weighted by molar-refractivity contribution is 6.32. The Bertz CT molecular complexity index is 562. The molecule has 5 heteroatoms. The van der Waals surface area contributed by atoms with Crippen molar-refractivity contribution in [3.63, 3.8) is 0 Å². The monoisotopic (exact) mass is 262 g/mol. The van der Waals surface area contributed by atoms with Gasteiger partial charge in [-0.3, -0.25) is 0 Å². The quantitative estimate of drug-likeness (QED) is 0.846. The number of aryl methyl sites for hydroxylation is 1. The first-order chi connectivity index (χ1) is 8.58.